The zero-order chi connectivity index (χ0) is 10.8. The topological polar surface area (TPSA) is 80.3 Å². The largest absolute Gasteiger partial charge is 0.217 e. The summed E-state index contributed by atoms with van der Waals surface area (Å²) in [6.45, 7) is 3.59. The Morgan fingerprint density at radius 1 is 1.40 bits per heavy atom. The molecule has 0 unspecified atom stereocenters. The van der Waals surface area contributed by atoms with Crippen molar-refractivity contribution in [2.75, 3.05) is 0 Å². The van der Waals surface area contributed by atoms with Crippen LogP contribution in [0.4, 0.5) is 0 Å². The van der Waals surface area contributed by atoms with Crippen LogP contribution in [0.5, 0.6) is 0 Å². The summed E-state index contributed by atoms with van der Waals surface area (Å²) in [5.41, 5.74) is 0.429. The predicted octanol–water partition coefficient (Wildman–Crippen LogP) is 0.546. The van der Waals surface area contributed by atoms with Gasteiger partial charge >= 0.3 is 0 Å². The molecule has 0 bridgehead atoms. The Morgan fingerprint density at radius 2 is 2.20 bits per heavy atom. The van der Waals surface area contributed by atoms with Crippen molar-refractivity contribution in [3.05, 3.63) is 29.5 Å². The third-order valence-corrected chi connectivity index (χ3v) is 1.90. The first-order valence-corrected chi connectivity index (χ1v) is 4.35. The van der Waals surface area contributed by atoms with Crippen molar-refractivity contribution in [1.29, 1.82) is 5.26 Å². The minimum atomic E-state index is 0.415. The van der Waals surface area contributed by atoms with Crippen molar-refractivity contribution < 1.29 is 0 Å². The molecule has 2 aromatic heterocycles. The Hall–Kier alpha value is -2.29. The van der Waals surface area contributed by atoms with Gasteiger partial charge in [0.05, 0.1) is 6.20 Å². The van der Waals surface area contributed by atoms with Gasteiger partial charge in [0.2, 0.25) is 0 Å². The summed E-state index contributed by atoms with van der Waals surface area (Å²) in [7, 11) is 0. The Morgan fingerprint density at radius 3 is 2.80 bits per heavy atom. The van der Waals surface area contributed by atoms with Crippen LogP contribution < -0.4 is 0 Å². The van der Waals surface area contributed by atoms with Crippen molar-refractivity contribution in [3.8, 4) is 11.9 Å². The fourth-order valence-corrected chi connectivity index (χ4v) is 1.29. The lowest BCUT2D eigenvalue weighted by molar-refractivity contribution is 0.776. The van der Waals surface area contributed by atoms with Gasteiger partial charge in [0.1, 0.15) is 23.3 Å². The van der Waals surface area contributed by atoms with Crippen molar-refractivity contribution in [2.24, 2.45) is 0 Å². The highest BCUT2D eigenvalue weighted by Gasteiger charge is 2.10. The number of aryl methyl sites for hydroxylation is 2. The van der Waals surface area contributed by atoms with E-state index in [9.17, 15) is 0 Å². The van der Waals surface area contributed by atoms with Gasteiger partial charge in [0, 0.05) is 0 Å². The first-order valence-electron chi connectivity index (χ1n) is 4.35. The molecule has 0 saturated heterocycles. The summed E-state index contributed by atoms with van der Waals surface area (Å²) in [4.78, 5) is 4.14. The van der Waals surface area contributed by atoms with Crippen LogP contribution in [0.2, 0.25) is 0 Å². The Balaban J connectivity index is 2.64. The maximum atomic E-state index is 8.90. The lowest BCUT2D eigenvalue weighted by Gasteiger charge is -2.01. The molecule has 0 atom stereocenters. The Kier molecular flexibility index (Phi) is 2.14. The molecule has 15 heavy (non-hydrogen) atoms. The number of nitrogens with zero attached hydrogens (tertiary/aromatic N) is 6. The molecule has 0 aliphatic heterocycles. The van der Waals surface area contributed by atoms with E-state index in [0.29, 0.717) is 23.0 Å². The van der Waals surface area contributed by atoms with E-state index in [1.54, 1.807) is 19.9 Å². The lowest BCUT2D eigenvalue weighted by atomic mass is 10.3. The predicted molar refractivity (Wildman–Crippen MR) is 51.1 cm³/mol. The normalized spacial score (nSPS) is 9.93. The van der Waals surface area contributed by atoms with Crippen molar-refractivity contribution in [3.63, 3.8) is 0 Å². The molecule has 0 aliphatic rings. The molecule has 2 rings (SSSR count). The molecule has 6 nitrogen and oxygen atoms in total. The maximum absolute atomic E-state index is 8.90. The molecule has 0 aliphatic carbocycles. The molecule has 2 heterocycles. The quantitative estimate of drug-likeness (QED) is 0.671. The van der Waals surface area contributed by atoms with E-state index in [1.165, 1.54) is 10.9 Å². The van der Waals surface area contributed by atoms with Crippen LogP contribution in [-0.4, -0.2) is 25.0 Å². The lowest BCUT2D eigenvalue weighted by Crippen LogP contribution is -2.05. The average Bonchev–Trinajstić information content (AvgIpc) is 2.57. The minimum absolute atomic E-state index is 0.415. The molecule has 0 fully saturated rings. The summed E-state index contributed by atoms with van der Waals surface area (Å²) in [5.74, 6) is 1.74. The van der Waals surface area contributed by atoms with Gasteiger partial charge in [0.15, 0.2) is 5.82 Å². The summed E-state index contributed by atoms with van der Waals surface area (Å²) < 4.78 is 1.51. The van der Waals surface area contributed by atoms with Gasteiger partial charge in [-0.15, -0.1) is 10.2 Å². The van der Waals surface area contributed by atoms with Crippen LogP contribution in [0.3, 0.4) is 0 Å². The number of nitriles is 1. The fraction of sp³-hybridized carbons (Fsp3) is 0.222. The summed E-state index contributed by atoms with van der Waals surface area (Å²) >= 11 is 0. The van der Waals surface area contributed by atoms with Crippen LogP contribution in [0, 0.1) is 25.2 Å². The van der Waals surface area contributed by atoms with Gasteiger partial charge < -0.3 is 0 Å². The van der Waals surface area contributed by atoms with Gasteiger partial charge in [-0.2, -0.15) is 15.0 Å². The molecule has 0 spiro atoms. The molecular weight excluding hydrogens is 192 g/mol. The first kappa shape index (κ1) is 9.27. The van der Waals surface area contributed by atoms with E-state index < -0.39 is 0 Å². The van der Waals surface area contributed by atoms with Gasteiger partial charge in [0.25, 0.3) is 0 Å². The van der Waals surface area contributed by atoms with E-state index >= 15 is 0 Å². The number of hydrogen-bond donors (Lipinski definition) is 0. The van der Waals surface area contributed by atoms with E-state index in [2.05, 4.69) is 20.3 Å². The van der Waals surface area contributed by atoms with E-state index in [0.717, 1.165) is 0 Å². The Labute approximate surface area is 86.2 Å². The molecule has 0 amide bonds. The fourth-order valence-electron chi connectivity index (χ4n) is 1.29. The van der Waals surface area contributed by atoms with Gasteiger partial charge in [-0.25, -0.2) is 4.98 Å². The second kappa shape index (κ2) is 3.46. The van der Waals surface area contributed by atoms with E-state index in [-0.39, 0.29) is 0 Å². The highest BCUT2D eigenvalue weighted by Crippen LogP contribution is 2.09. The minimum Gasteiger partial charge on any atom is -0.217 e. The van der Waals surface area contributed by atoms with E-state index in [1.807, 2.05) is 6.07 Å². The standard InChI is InChI=1S/C9H8N6/c1-6-12-7(2)15(14-6)9-8(5-10)3-4-11-13-9/h3-4H,1-2H3. The second-order valence-electron chi connectivity index (χ2n) is 3.00. The van der Waals surface area contributed by atoms with Gasteiger partial charge in [-0.05, 0) is 19.9 Å². The van der Waals surface area contributed by atoms with Crippen molar-refractivity contribution in [2.45, 2.75) is 13.8 Å². The summed E-state index contributed by atoms with van der Waals surface area (Å²) in [6.07, 6.45) is 1.47. The number of rotatable bonds is 1. The highest BCUT2D eigenvalue weighted by molar-refractivity contribution is 5.41. The van der Waals surface area contributed by atoms with Crippen LogP contribution in [0.15, 0.2) is 12.3 Å². The first-order chi connectivity index (χ1) is 7.22. The van der Waals surface area contributed by atoms with Crippen LogP contribution >= 0.6 is 0 Å². The highest BCUT2D eigenvalue weighted by atomic mass is 15.4. The summed E-state index contributed by atoms with van der Waals surface area (Å²) in [5, 5.41) is 20.7. The molecule has 2 aromatic rings. The number of hydrogen-bond acceptors (Lipinski definition) is 5. The molecular formula is C9H8N6. The van der Waals surface area contributed by atoms with Gasteiger partial charge in [-0.1, -0.05) is 0 Å². The van der Waals surface area contributed by atoms with Gasteiger partial charge in [-0.3, -0.25) is 0 Å². The average molecular weight is 200 g/mol. The van der Waals surface area contributed by atoms with Crippen LogP contribution in [0.1, 0.15) is 17.2 Å². The Bertz CT molecular complexity index is 536. The third-order valence-electron chi connectivity index (χ3n) is 1.90. The second-order valence-corrected chi connectivity index (χ2v) is 3.00. The molecule has 0 aromatic carbocycles. The van der Waals surface area contributed by atoms with Crippen LogP contribution in [-0.2, 0) is 0 Å². The van der Waals surface area contributed by atoms with E-state index in [4.69, 9.17) is 5.26 Å². The zero-order valence-corrected chi connectivity index (χ0v) is 8.34. The van der Waals surface area contributed by atoms with Crippen molar-refractivity contribution in [1.82, 2.24) is 25.0 Å². The molecule has 0 radical (unpaired) electrons. The molecule has 74 valence electrons. The SMILES string of the molecule is Cc1nc(C)n(-c2nnccc2C#N)n1. The zero-order valence-electron chi connectivity index (χ0n) is 8.34. The monoisotopic (exact) mass is 200 g/mol. The molecule has 0 saturated carbocycles. The molecule has 6 heteroatoms. The van der Waals surface area contributed by atoms with Crippen LogP contribution in [0.25, 0.3) is 5.82 Å². The summed E-state index contributed by atoms with van der Waals surface area (Å²) in [6, 6.07) is 3.64. The van der Waals surface area contributed by atoms with Crippen molar-refractivity contribution >= 4 is 0 Å². The number of aromatic nitrogens is 5. The third kappa shape index (κ3) is 1.55. The smallest absolute Gasteiger partial charge is 0.195 e. The molecule has 0 N–H and O–H groups in total. The maximum Gasteiger partial charge on any atom is 0.195 e.